The van der Waals surface area contributed by atoms with Gasteiger partial charge in [-0.05, 0) is 42.2 Å². The molecule has 2 aromatic carbocycles. The molecule has 0 radical (unpaired) electrons. The number of anilines is 1. The summed E-state index contributed by atoms with van der Waals surface area (Å²) in [5.74, 6) is 0.384. The second-order valence-electron chi connectivity index (χ2n) is 5.41. The molecule has 24 heavy (non-hydrogen) atoms. The molecule has 128 valence electrons. The van der Waals surface area contributed by atoms with Gasteiger partial charge >= 0.3 is 0 Å². The largest absolute Gasteiger partial charge is 0.289 e. The monoisotopic (exact) mass is 368 g/mol. The molecular weight excluding hydrogens is 352 g/mol. The van der Waals surface area contributed by atoms with E-state index in [2.05, 4.69) is 18.6 Å². The molecule has 0 spiro atoms. The van der Waals surface area contributed by atoms with E-state index in [0.717, 1.165) is 18.1 Å². The van der Waals surface area contributed by atoms with E-state index in [-0.39, 0.29) is 9.92 Å². The van der Waals surface area contributed by atoms with Crippen molar-refractivity contribution in [2.24, 2.45) is 0 Å². The quantitative estimate of drug-likeness (QED) is 0.597. The number of hydrogen-bond acceptors (Lipinski definition) is 4. The number of nitrogens with zero attached hydrogens (tertiary/aromatic N) is 1. The smallest absolute Gasteiger partial charge is 0.280 e. The Labute approximate surface area is 145 Å². The summed E-state index contributed by atoms with van der Waals surface area (Å²) in [7, 11) is -3.94. The highest BCUT2D eigenvalue weighted by atomic mass is 35.5. The van der Waals surface area contributed by atoms with E-state index in [1.54, 1.807) is 12.1 Å². The number of benzene rings is 2. The van der Waals surface area contributed by atoms with Crippen LogP contribution in [0.5, 0.6) is 0 Å². The molecule has 1 N–H and O–H groups in total. The van der Waals surface area contributed by atoms with Gasteiger partial charge in [0.15, 0.2) is 0 Å². The lowest BCUT2D eigenvalue weighted by atomic mass is 9.99. The first-order valence-electron chi connectivity index (χ1n) is 7.31. The molecular formula is C16H17ClN2O4S. The van der Waals surface area contributed by atoms with Crippen molar-refractivity contribution >= 4 is 33.0 Å². The Kier molecular flexibility index (Phi) is 5.46. The van der Waals surface area contributed by atoms with Crippen LogP contribution in [0.3, 0.4) is 0 Å². The third kappa shape index (κ3) is 4.04. The molecule has 0 amide bonds. The average Bonchev–Trinajstić information content (AvgIpc) is 2.54. The van der Waals surface area contributed by atoms with Gasteiger partial charge in [0.2, 0.25) is 0 Å². The summed E-state index contributed by atoms with van der Waals surface area (Å²) in [5, 5.41) is 10.8. The molecule has 0 aliphatic carbocycles. The predicted octanol–water partition coefficient (Wildman–Crippen LogP) is 4.56. The highest BCUT2D eigenvalue weighted by molar-refractivity contribution is 7.92. The van der Waals surface area contributed by atoms with Gasteiger partial charge in [-0.1, -0.05) is 37.6 Å². The van der Waals surface area contributed by atoms with Gasteiger partial charge in [0.1, 0.15) is 5.02 Å². The number of nitro groups is 1. The van der Waals surface area contributed by atoms with Crippen LogP contribution in [0.25, 0.3) is 0 Å². The van der Waals surface area contributed by atoms with Crippen molar-refractivity contribution in [1.82, 2.24) is 0 Å². The minimum atomic E-state index is -3.94. The lowest BCUT2D eigenvalue weighted by Gasteiger charge is -2.11. The molecule has 0 heterocycles. The minimum Gasteiger partial charge on any atom is -0.280 e. The normalized spacial score (nSPS) is 12.6. The van der Waals surface area contributed by atoms with Crippen LogP contribution in [0.4, 0.5) is 11.4 Å². The Morgan fingerprint density at radius 3 is 2.38 bits per heavy atom. The van der Waals surface area contributed by atoms with Crippen molar-refractivity contribution in [2.45, 2.75) is 31.1 Å². The number of nitrogens with one attached hydrogen (secondary N) is 1. The number of halogens is 1. The second-order valence-corrected chi connectivity index (χ2v) is 7.50. The molecule has 0 fully saturated rings. The maximum absolute atomic E-state index is 12.4. The highest BCUT2D eigenvalue weighted by Gasteiger charge is 2.20. The third-order valence-electron chi connectivity index (χ3n) is 3.77. The van der Waals surface area contributed by atoms with Crippen molar-refractivity contribution in [3.05, 3.63) is 63.2 Å². The van der Waals surface area contributed by atoms with E-state index < -0.39 is 20.6 Å². The van der Waals surface area contributed by atoms with Crippen LogP contribution in [0.15, 0.2) is 47.4 Å². The first-order valence-corrected chi connectivity index (χ1v) is 9.17. The van der Waals surface area contributed by atoms with Crippen LogP contribution in [0, 0.1) is 10.1 Å². The molecule has 0 aromatic heterocycles. The summed E-state index contributed by atoms with van der Waals surface area (Å²) < 4.78 is 27.2. The van der Waals surface area contributed by atoms with Gasteiger partial charge in [-0.2, -0.15) is 0 Å². The lowest BCUT2D eigenvalue weighted by Crippen LogP contribution is -2.13. The third-order valence-corrected chi connectivity index (χ3v) is 5.47. The van der Waals surface area contributed by atoms with E-state index in [4.69, 9.17) is 11.6 Å². The minimum absolute atomic E-state index is 0.114. The van der Waals surface area contributed by atoms with Gasteiger partial charge in [-0.15, -0.1) is 0 Å². The van der Waals surface area contributed by atoms with Crippen molar-refractivity contribution in [2.75, 3.05) is 4.72 Å². The average molecular weight is 369 g/mol. The van der Waals surface area contributed by atoms with E-state index in [1.165, 1.54) is 12.1 Å². The van der Waals surface area contributed by atoms with Gasteiger partial charge in [0, 0.05) is 11.8 Å². The zero-order chi connectivity index (χ0) is 17.9. The first kappa shape index (κ1) is 18.2. The fraction of sp³-hybridized carbons (Fsp3) is 0.250. The van der Waals surface area contributed by atoms with E-state index >= 15 is 0 Å². The van der Waals surface area contributed by atoms with Crippen molar-refractivity contribution in [1.29, 1.82) is 0 Å². The number of rotatable bonds is 6. The van der Waals surface area contributed by atoms with Crippen molar-refractivity contribution in [3.63, 3.8) is 0 Å². The van der Waals surface area contributed by atoms with E-state index in [0.29, 0.717) is 11.6 Å². The Morgan fingerprint density at radius 1 is 1.21 bits per heavy atom. The molecule has 0 saturated carbocycles. The fourth-order valence-corrected chi connectivity index (χ4v) is 3.39. The number of sulfonamides is 1. The summed E-state index contributed by atoms with van der Waals surface area (Å²) >= 11 is 5.71. The van der Waals surface area contributed by atoms with Crippen LogP contribution in [0.2, 0.25) is 5.02 Å². The van der Waals surface area contributed by atoms with Crippen LogP contribution < -0.4 is 4.72 Å². The maximum atomic E-state index is 12.4. The molecule has 0 saturated heterocycles. The Bertz CT molecular complexity index is 851. The Morgan fingerprint density at radius 2 is 1.83 bits per heavy atom. The van der Waals surface area contributed by atoms with Crippen molar-refractivity contribution in [3.8, 4) is 0 Å². The van der Waals surface area contributed by atoms with Gasteiger partial charge in [0.05, 0.1) is 9.82 Å². The molecule has 0 aliphatic heterocycles. The van der Waals surface area contributed by atoms with Crippen LogP contribution in [0.1, 0.15) is 31.7 Å². The van der Waals surface area contributed by atoms with E-state index in [9.17, 15) is 18.5 Å². The topological polar surface area (TPSA) is 89.3 Å². The molecule has 0 aliphatic rings. The highest BCUT2D eigenvalue weighted by Crippen LogP contribution is 2.28. The van der Waals surface area contributed by atoms with Gasteiger partial charge in [-0.25, -0.2) is 8.42 Å². The summed E-state index contributed by atoms with van der Waals surface area (Å²) in [6.07, 6.45) is 0.986. The molecule has 1 atom stereocenters. The molecule has 2 aromatic rings. The zero-order valence-electron chi connectivity index (χ0n) is 13.2. The summed E-state index contributed by atoms with van der Waals surface area (Å²) in [6, 6.07) is 10.4. The summed E-state index contributed by atoms with van der Waals surface area (Å²) in [4.78, 5) is 9.96. The van der Waals surface area contributed by atoms with Crippen molar-refractivity contribution < 1.29 is 13.3 Å². The Balaban J connectivity index is 2.28. The number of hydrogen-bond donors (Lipinski definition) is 1. The van der Waals surface area contributed by atoms with Crippen LogP contribution >= 0.6 is 11.6 Å². The molecule has 2 rings (SSSR count). The summed E-state index contributed by atoms with van der Waals surface area (Å²) in [6.45, 7) is 4.17. The molecule has 6 nitrogen and oxygen atoms in total. The van der Waals surface area contributed by atoms with Gasteiger partial charge in [-0.3, -0.25) is 14.8 Å². The zero-order valence-corrected chi connectivity index (χ0v) is 14.8. The second kappa shape index (κ2) is 7.19. The Hall–Kier alpha value is -2.12. The van der Waals surface area contributed by atoms with Gasteiger partial charge < -0.3 is 0 Å². The van der Waals surface area contributed by atoms with Gasteiger partial charge in [0.25, 0.3) is 15.7 Å². The maximum Gasteiger partial charge on any atom is 0.289 e. The lowest BCUT2D eigenvalue weighted by molar-refractivity contribution is -0.384. The molecule has 0 bridgehead atoms. The standard InChI is InChI=1S/C16H17ClN2O4S/c1-3-11(2)12-4-6-13(7-5-12)18-24(22,23)14-8-9-15(17)16(10-14)19(20)21/h4-11,18H,3H2,1-2H3/t11-/m0/s1. The van der Waals surface area contributed by atoms with E-state index in [1.807, 2.05) is 12.1 Å². The van der Waals surface area contributed by atoms with Crippen LogP contribution in [-0.4, -0.2) is 13.3 Å². The molecule has 8 heteroatoms. The SMILES string of the molecule is CC[C@H](C)c1ccc(NS(=O)(=O)c2ccc(Cl)c([N+](=O)[O-])c2)cc1. The first-order chi connectivity index (χ1) is 11.2. The number of nitro benzene ring substituents is 1. The van der Waals surface area contributed by atoms with Crippen LogP contribution in [-0.2, 0) is 10.0 Å². The summed E-state index contributed by atoms with van der Waals surface area (Å²) in [5.41, 5.74) is 1.05. The predicted molar refractivity (Wildman–Crippen MR) is 94.1 cm³/mol. The fourth-order valence-electron chi connectivity index (χ4n) is 2.13. The molecule has 0 unspecified atom stereocenters.